The molecular weight excluding hydrogens is 248 g/mol. The van der Waals surface area contributed by atoms with Crippen LogP contribution < -0.4 is 5.32 Å². The number of nitrogens with one attached hydrogen (secondary N) is 1. The molecule has 0 bridgehead atoms. The summed E-state index contributed by atoms with van der Waals surface area (Å²) in [4.78, 5) is 26.8. The van der Waals surface area contributed by atoms with E-state index in [4.69, 9.17) is 9.52 Å². The van der Waals surface area contributed by atoms with Crippen molar-refractivity contribution in [1.82, 2.24) is 10.3 Å². The first-order valence-corrected chi connectivity index (χ1v) is 6.12. The molecule has 0 aromatic carbocycles. The van der Waals surface area contributed by atoms with Crippen molar-refractivity contribution in [3.8, 4) is 0 Å². The Bertz CT molecular complexity index is 459. The van der Waals surface area contributed by atoms with Crippen LogP contribution in [0.25, 0.3) is 0 Å². The SMILES string of the molecule is Cc1ncoc1C(=O)NCC(CC(C)(C)C)C(=O)O. The number of aliphatic carboxylic acids is 1. The lowest BCUT2D eigenvalue weighted by Crippen LogP contribution is -2.35. The molecule has 1 aromatic rings. The molecule has 1 unspecified atom stereocenters. The van der Waals surface area contributed by atoms with E-state index < -0.39 is 17.8 Å². The number of aromatic nitrogens is 1. The molecule has 106 valence electrons. The zero-order valence-electron chi connectivity index (χ0n) is 11.7. The van der Waals surface area contributed by atoms with Gasteiger partial charge in [-0.25, -0.2) is 4.98 Å². The van der Waals surface area contributed by atoms with Crippen LogP contribution in [-0.4, -0.2) is 28.5 Å². The van der Waals surface area contributed by atoms with E-state index in [2.05, 4.69) is 10.3 Å². The monoisotopic (exact) mass is 268 g/mol. The van der Waals surface area contributed by atoms with E-state index in [1.165, 1.54) is 6.39 Å². The van der Waals surface area contributed by atoms with Gasteiger partial charge in [0.15, 0.2) is 6.39 Å². The Morgan fingerprint density at radius 2 is 2.11 bits per heavy atom. The summed E-state index contributed by atoms with van der Waals surface area (Å²) < 4.78 is 4.95. The lowest BCUT2D eigenvalue weighted by atomic mass is 9.84. The van der Waals surface area contributed by atoms with Crippen LogP contribution in [0.3, 0.4) is 0 Å². The first kappa shape index (κ1) is 15.2. The summed E-state index contributed by atoms with van der Waals surface area (Å²) in [5, 5.41) is 11.7. The molecule has 0 aliphatic rings. The normalized spacial score (nSPS) is 13.1. The Morgan fingerprint density at radius 1 is 1.47 bits per heavy atom. The summed E-state index contributed by atoms with van der Waals surface area (Å²) in [6.45, 7) is 7.62. The Kier molecular flexibility index (Phi) is 4.69. The van der Waals surface area contributed by atoms with Crippen LogP contribution >= 0.6 is 0 Å². The number of hydrogen-bond acceptors (Lipinski definition) is 4. The maximum Gasteiger partial charge on any atom is 0.308 e. The number of oxazole rings is 1. The summed E-state index contributed by atoms with van der Waals surface area (Å²) >= 11 is 0. The van der Waals surface area contributed by atoms with Crippen LogP contribution in [0.2, 0.25) is 0 Å². The number of rotatable bonds is 5. The molecule has 1 heterocycles. The molecular formula is C13H20N2O4. The molecule has 0 spiro atoms. The zero-order valence-corrected chi connectivity index (χ0v) is 11.7. The van der Waals surface area contributed by atoms with Crippen molar-refractivity contribution in [3.05, 3.63) is 17.8 Å². The maximum absolute atomic E-state index is 11.8. The van der Waals surface area contributed by atoms with Gasteiger partial charge in [0, 0.05) is 6.54 Å². The van der Waals surface area contributed by atoms with Crippen molar-refractivity contribution in [1.29, 1.82) is 0 Å². The van der Waals surface area contributed by atoms with Crippen molar-refractivity contribution in [2.24, 2.45) is 11.3 Å². The number of carbonyl (C=O) groups excluding carboxylic acids is 1. The average molecular weight is 268 g/mol. The quantitative estimate of drug-likeness (QED) is 0.850. The molecule has 6 nitrogen and oxygen atoms in total. The summed E-state index contributed by atoms with van der Waals surface area (Å²) in [6, 6.07) is 0. The van der Waals surface area contributed by atoms with E-state index in [1.807, 2.05) is 20.8 Å². The molecule has 0 saturated heterocycles. The van der Waals surface area contributed by atoms with Gasteiger partial charge in [0.05, 0.1) is 11.6 Å². The number of hydrogen-bond donors (Lipinski definition) is 2. The van der Waals surface area contributed by atoms with Crippen molar-refractivity contribution in [2.75, 3.05) is 6.54 Å². The molecule has 0 aliphatic carbocycles. The highest BCUT2D eigenvalue weighted by Crippen LogP contribution is 2.24. The molecule has 19 heavy (non-hydrogen) atoms. The molecule has 1 amide bonds. The van der Waals surface area contributed by atoms with Crippen molar-refractivity contribution in [2.45, 2.75) is 34.1 Å². The molecule has 1 aromatic heterocycles. The highest BCUT2D eigenvalue weighted by Gasteiger charge is 2.25. The third kappa shape index (κ3) is 4.73. The number of carboxylic acid groups (broad SMARTS) is 1. The van der Waals surface area contributed by atoms with Gasteiger partial charge in [-0.15, -0.1) is 0 Å². The second kappa shape index (κ2) is 5.86. The van der Waals surface area contributed by atoms with E-state index in [0.717, 1.165) is 0 Å². The van der Waals surface area contributed by atoms with Gasteiger partial charge in [-0.05, 0) is 18.8 Å². The second-order valence-corrected chi connectivity index (χ2v) is 5.78. The first-order chi connectivity index (χ1) is 8.70. The van der Waals surface area contributed by atoms with Crippen molar-refractivity contribution in [3.63, 3.8) is 0 Å². The lowest BCUT2D eigenvalue weighted by Gasteiger charge is -2.23. The molecule has 0 radical (unpaired) electrons. The number of nitrogens with zero attached hydrogens (tertiary/aromatic N) is 1. The zero-order chi connectivity index (χ0) is 14.6. The second-order valence-electron chi connectivity index (χ2n) is 5.78. The van der Waals surface area contributed by atoms with Crippen LogP contribution in [0.5, 0.6) is 0 Å². The Morgan fingerprint density at radius 3 is 2.53 bits per heavy atom. The van der Waals surface area contributed by atoms with Gasteiger partial charge in [-0.2, -0.15) is 0 Å². The van der Waals surface area contributed by atoms with Gasteiger partial charge >= 0.3 is 5.97 Å². The van der Waals surface area contributed by atoms with Gasteiger partial charge in [0.25, 0.3) is 5.91 Å². The number of carbonyl (C=O) groups is 2. The fraction of sp³-hybridized carbons (Fsp3) is 0.615. The minimum Gasteiger partial charge on any atom is -0.481 e. The Hall–Kier alpha value is -1.85. The molecule has 0 saturated carbocycles. The largest absolute Gasteiger partial charge is 0.481 e. The summed E-state index contributed by atoms with van der Waals surface area (Å²) in [7, 11) is 0. The number of amides is 1. The molecule has 1 atom stereocenters. The minimum absolute atomic E-state index is 0.0750. The smallest absolute Gasteiger partial charge is 0.308 e. The molecule has 1 rings (SSSR count). The van der Waals surface area contributed by atoms with Crippen LogP contribution in [0, 0.1) is 18.3 Å². The summed E-state index contributed by atoms with van der Waals surface area (Å²) in [5.74, 6) is -1.84. The molecule has 2 N–H and O–H groups in total. The lowest BCUT2D eigenvalue weighted by molar-refractivity contribution is -0.142. The van der Waals surface area contributed by atoms with Gasteiger partial charge < -0.3 is 14.8 Å². The van der Waals surface area contributed by atoms with E-state index in [9.17, 15) is 9.59 Å². The number of carboxylic acids is 1. The topological polar surface area (TPSA) is 92.4 Å². The highest BCUT2D eigenvalue weighted by atomic mass is 16.4. The fourth-order valence-corrected chi connectivity index (χ4v) is 1.80. The number of aryl methyl sites for hydroxylation is 1. The first-order valence-electron chi connectivity index (χ1n) is 6.12. The third-order valence-corrected chi connectivity index (χ3v) is 2.67. The van der Waals surface area contributed by atoms with Crippen LogP contribution in [0.1, 0.15) is 43.4 Å². The Balaban J connectivity index is 2.60. The van der Waals surface area contributed by atoms with Gasteiger partial charge in [0.1, 0.15) is 0 Å². The predicted molar refractivity (Wildman–Crippen MR) is 68.8 cm³/mol. The standard InChI is InChI=1S/C13H20N2O4/c1-8-10(19-7-15-8)11(16)14-6-9(12(17)18)5-13(2,3)4/h7,9H,5-6H2,1-4H3,(H,14,16)(H,17,18). The highest BCUT2D eigenvalue weighted by molar-refractivity contribution is 5.92. The van der Waals surface area contributed by atoms with E-state index in [1.54, 1.807) is 6.92 Å². The fourth-order valence-electron chi connectivity index (χ4n) is 1.80. The van der Waals surface area contributed by atoms with Gasteiger partial charge in [-0.1, -0.05) is 20.8 Å². The average Bonchev–Trinajstić information content (AvgIpc) is 2.68. The van der Waals surface area contributed by atoms with Gasteiger partial charge in [-0.3, -0.25) is 9.59 Å². The van der Waals surface area contributed by atoms with E-state index >= 15 is 0 Å². The van der Waals surface area contributed by atoms with Crippen LogP contribution in [-0.2, 0) is 4.79 Å². The van der Waals surface area contributed by atoms with Crippen molar-refractivity contribution < 1.29 is 19.1 Å². The predicted octanol–water partition coefficient (Wildman–Crippen LogP) is 1.85. The van der Waals surface area contributed by atoms with Crippen LogP contribution in [0.15, 0.2) is 10.8 Å². The van der Waals surface area contributed by atoms with E-state index in [-0.39, 0.29) is 17.7 Å². The van der Waals surface area contributed by atoms with Gasteiger partial charge in [0.2, 0.25) is 5.76 Å². The summed E-state index contributed by atoms with van der Waals surface area (Å²) in [5.41, 5.74) is 0.371. The summed E-state index contributed by atoms with van der Waals surface area (Å²) in [6.07, 6.45) is 1.67. The molecule has 0 fully saturated rings. The van der Waals surface area contributed by atoms with Crippen molar-refractivity contribution >= 4 is 11.9 Å². The molecule has 0 aliphatic heterocycles. The molecule has 6 heteroatoms. The Labute approximate surface area is 112 Å². The van der Waals surface area contributed by atoms with Crippen LogP contribution in [0.4, 0.5) is 0 Å². The minimum atomic E-state index is -0.912. The van der Waals surface area contributed by atoms with E-state index in [0.29, 0.717) is 12.1 Å². The third-order valence-electron chi connectivity index (χ3n) is 2.67. The maximum atomic E-state index is 11.8.